The largest absolute Gasteiger partial charge is 0.477 e. The molecule has 1 aromatic heterocycles. The zero-order valence-electron chi connectivity index (χ0n) is 10.4. The summed E-state index contributed by atoms with van der Waals surface area (Å²) in [6, 6.07) is 15.2. The Morgan fingerprint density at radius 3 is 2.45 bits per heavy atom. The molecule has 2 aromatic carbocycles. The van der Waals surface area contributed by atoms with Crippen LogP contribution in [0.5, 0.6) is 0 Å². The molecule has 0 aliphatic heterocycles. The second-order valence-corrected chi connectivity index (χ2v) is 5.34. The molecule has 100 valence electrons. The van der Waals surface area contributed by atoms with Gasteiger partial charge < -0.3 is 15.4 Å². The van der Waals surface area contributed by atoms with Gasteiger partial charge in [-0.25, -0.2) is 4.79 Å². The molecular formula is C15H11BrN2O2. The number of aromatic nitrogens is 1. The van der Waals surface area contributed by atoms with Gasteiger partial charge in [-0.15, -0.1) is 0 Å². The first kappa shape index (κ1) is 12.7. The van der Waals surface area contributed by atoms with E-state index in [2.05, 4.69) is 26.2 Å². The zero-order valence-corrected chi connectivity index (χ0v) is 11.9. The van der Waals surface area contributed by atoms with Gasteiger partial charge in [0, 0.05) is 26.8 Å². The summed E-state index contributed by atoms with van der Waals surface area (Å²) in [5, 5.41) is 13.1. The van der Waals surface area contributed by atoms with Crippen LogP contribution in [0.1, 0.15) is 10.5 Å². The zero-order chi connectivity index (χ0) is 14.1. The predicted octanol–water partition coefficient (Wildman–Crippen LogP) is 4.37. The predicted molar refractivity (Wildman–Crippen MR) is 82.7 cm³/mol. The lowest BCUT2D eigenvalue weighted by Crippen LogP contribution is -1.94. The number of H-pyrrole nitrogens is 1. The number of carboxylic acids is 1. The first-order chi connectivity index (χ1) is 9.61. The number of aromatic amines is 1. The standard InChI is InChI=1S/C15H11BrN2O2/c16-10-2-5-11(6-3-10)17-12-4-1-9-7-14(15(19)20)18-13(9)8-12/h1-8,17-18H,(H,19,20). The van der Waals surface area contributed by atoms with Gasteiger partial charge in [-0.3, -0.25) is 0 Å². The van der Waals surface area contributed by atoms with E-state index in [0.29, 0.717) is 0 Å². The van der Waals surface area contributed by atoms with Crippen molar-refractivity contribution in [3.63, 3.8) is 0 Å². The van der Waals surface area contributed by atoms with Gasteiger partial charge in [-0.05, 0) is 42.5 Å². The van der Waals surface area contributed by atoms with Gasteiger partial charge in [0.15, 0.2) is 0 Å². The molecule has 4 nitrogen and oxygen atoms in total. The molecule has 5 heteroatoms. The molecule has 0 saturated carbocycles. The molecule has 20 heavy (non-hydrogen) atoms. The molecule has 0 amide bonds. The highest BCUT2D eigenvalue weighted by atomic mass is 79.9. The van der Waals surface area contributed by atoms with Crippen molar-refractivity contribution in [3.8, 4) is 0 Å². The number of hydrogen-bond donors (Lipinski definition) is 3. The fourth-order valence-corrected chi connectivity index (χ4v) is 2.28. The number of rotatable bonds is 3. The van der Waals surface area contributed by atoms with Crippen LogP contribution in [0.2, 0.25) is 0 Å². The first-order valence-electron chi connectivity index (χ1n) is 6.00. The Bertz CT molecular complexity index is 778. The van der Waals surface area contributed by atoms with Crippen molar-refractivity contribution in [1.29, 1.82) is 0 Å². The maximum absolute atomic E-state index is 10.9. The van der Waals surface area contributed by atoms with Gasteiger partial charge in [0.05, 0.1) is 0 Å². The summed E-state index contributed by atoms with van der Waals surface area (Å²) in [7, 11) is 0. The molecule has 0 aliphatic rings. The van der Waals surface area contributed by atoms with Gasteiger partial charge in [-0.2, -0.15) is 0 Å². The second-order valence-electron chi connectivity index (χ2n) is 4.42. The number of anilines is 2. The van der Waals surface area contributed by atoms with E-state index in [1.165, 1.54) is 0 Å². The summed E-state index contributed by atoms with van der Waals surface area (Å²) in [5.41, 5.74) is 2.86. The Balaban J connectivity index is 1.92. The Morgan fingerprint density at radius 2 is 1.75 bits per heavy atom. The van der Waals surface area contributed by atoms with Crippen molar-refractivity contribution in [3.05, 3.63) is 58.7 Å². The summed E-state index contributed by atoms with van der Waals surface area (Å²) in [5.74, 6) is -0.955. The van der Waals surface area contributed by atoms with E-state index in [-0.39, 0.29) is 5.69 Å². The molecule has 0 aliphatic carbocycles. The van der Waals surface area contributed by atoms with Crippen molar-refractivity contribution in [1.82, 2.24) is 4.98 Å². The molecule has 0 spiro atoms. The van der Waals surface area contributed by atoms with Crippen LogP contribution in [0.15, 0.2) is 53.0 Å². The number of halogens is 1. The molecule has 3 N–H and O–H groups in total. The Kier molecular flexibility index (Phi) is 3.20. The van der Waals surface area contributed by atoms with Crippen molar-refractivity contribution in [2.75, 3.05) is 5.32 Å². The van der Waals surface area contributed by atoms with E-state index >= 15 is 0 Å². The molecule has 3 aromatic rings. The summed E-state index contributed by atoms with van der Waals surface area (Å²) < 4.78 is 1.02. The fraction of sp³-hybridized carbons (Fsp3) is 0. The van der Waals surface area contributed by atoms with Gasteiger partial charge >= 0.3 is 5.97 Å². The third-order valence-corrected chi connectivity index (χ3v) is 3.51. The minimum atomic E-state index is -0.955. The van der Waals surface area contributed by atoms with Gasteiger partial charge in [0.1, 0.15) is 5.69 Å². The summed E-state index contributed by atoms with van der Waals surface area (Å²) in [4.78, 5) is 13.8. The molecular weight excluding hydrogens is 320 g/mol. The van der Waals surface area contributed by atoms with Gasteiger partial charge in [-0.1, -0.05) is 22.0 Å². The first-order valence-corrected chi connectivity index (χ1v) is 6.80. The van der Waals surface area contributed by atoms with Crippen molar-refractivity contribution < 1.29 is 9.90 Å². The second kappa shape index (κ2) is 5.02. The fourth-order valence-electron chi connectivity index (χ4n) is 2.02. The molecule has 0 atom stereocenters. The lowest BCUT2D eigenvalue weighted by atomic mass is 10.2. The van der Waals surface area contributed by atoms with Crippen LogP contribution in [-0.2, 0) is 0 Å². The monoisotopic (exact) mass is 330 g/mol. The molecule has 0 saturated heterocycles. The van der Waals surface area contributed by atoms with Crippen LogP contribution in [0, 0.1) is 0 Å². The highest BCUT2D eigenvalue weighted by Gasteiger charge is 2.07. The number of benzene rings is 2. The molecule has 0 bridgehead atoms. The lowest BCUT2D eigenvalue weighted by molar-refractivity contribution is 0.0691. The summed E-state index contributed by atoms with van der Waals surface area (Å²) in [6.07, 6.45) is 0. The molecule has 1 heterocycles. The van der Waals surface area contributed by atoms with E-state index in [9.17, 15) is 4.79 Å². The minimum Gasteiger partial charge on any atom is -0.477 e. The molecule has 0 unspecified atom stereocenters. The van der Waals surface area contributed by atoms with Crippen molar-refractivity contribution in [2.24, 2.45) is 0 Å². The smallest absolute Gasteiger partial charge is 0.352 e. The third kappa shape index (κ3) is 2.53. The maximum Gasteiger partial charge on any atom is 0.352 e. The number of nitrogens with one attached hydrogen (secondary N) is 2. The molecule has 0 fully saturated rings. The lowest BCUT2D eigenvalue weighted by Gasteiger charge is -2.06. The van der Waals surface area contributed by atoms with Crippen LogP contribution >= 0.6 is 15.9 Å². The minimum absolute atomic E-state index is 0.195. The van der Waals surface area contributed by atoms with Crippen LogP contribution in [-0.4, -0.2) is 16.1 Å². The maximum atomic E-state index is 10.9. The summed E-state index contributed by atoms with van der Waals surface area (Å²) >= 11 is 3.39. The van der Waals surface area contributed by atoms with E-state index < -0.39 is 5.97 Å². The highest BCUT2D eigenvalue weighted by molar-refractivity contribution is 9.10. The van der Waals surface area contributed by atoms with E-state index in [0.717, 1.165) is 26.8 Å². The van der Waals surface area contributed by atoms with E-state index in [1.807, 2.05) is 42.5 Å². The summed E-state index contributed by atoms with van der Waals surface area (Å²) in [6.45, 7) is 0. The Labute approximate surface area is 123 Å². The van der Waals surface area contributed by atoms with Crippen LogP contribution < -0.4 is 5.32 Å². The number of carbonyl (C=O) groups is 1. The number of hydrogen-bond acceptors (Lipinski definition) is 2. The Morgan fingerprint density at radius 1 is 1.05 bits per heavy atom. The third-order valence-electron chi connectivity index (χ3n) is 2.99. The quantitative estimate of drug-likeness (QED) is 0.668. The highest BCUT2D eigenvalue weighted by Crippen LogP contribution is 2.23. The van der Waals surface area contributed by atoms with Crippen molar-refractivity contribution in [2.45, 2.75) is 0 Å². The number of aromatic carboxylic acids is 1. The molecule has 3 rings (SSSR count). The van der Waals surface area contributed by atoms with Gasteiger partial charge in [0.2, 0.25) is 0 Å². The van der Waals surface area contributed by atoms with Crippen molar-refractivity contribution >= 4 is 44.2 Å². The molecule has 0 radical (unpaired) electrons. The van der Waals surface area contributed by atoms with E-state index in [4.69, 9.17) is 5.11 Å². The number of carboxylic acid groups (broad SMARTS) is 1. The average molecular weight is 331 g/mol. The normalized spacial score (nSPS) is 10.7. The van der Waals surface area contributed by atoms with Gasteiger partial charge in [0.25, 0.3) is 0 Å². The SMILES string of the molecule is O=C(O)c1cc2ccc(Nc3ccc(Br)cc3)cc2[nH]1. The Hall–Kier alpha value is -2.27. The van der Waals surface area contributed by atoms with E-state index in [1.54, 1.807) is 6.07 Å². The number of fused-ring (bicyclic) bond motifs is 1. The topological polar surface area (TPSA) is 65.1 Å². The van der Waals surface area contributed by atoms with Crippen LogP contribution in [0.25, 0.3) is 10.9 Å². The average Bonchev–Trinajstić information content (AvgIpc) is 2.85. The van der Waals surface area contributed by atoms with Crippen LogP contribution in [0.3, 0.4) is 0 Å². The van der Waals surface area contributed by atoms with Crippen LogP contribution in [0.4, 0.5) is 11.4 Å².